The lowest BCUT2D eigenvalue weighted by Gasteiger charge is -2.21. The molecule has 0 amide bonds. The third-order valence-electron chi connectivity index (χ3n) is 3.22. The molecular weight excluding hydrogens is 252 g/mol. The van der Waals surface area contributed by atoms with Crippen molar-refractivity contribution < 1.29 is 14.3 Å². The topological polar surface area (TPSA) is 35.5 Å². The van der Waals surface area contributed by atoms with E-state index in [2.05, 4.69) is 0 Å². The van der Waals surface area contributed by atoms with Gasteiger partial charge in [-0.15, -0.1) is 0 Å². The number of hydrogen-bond acceptors (Lipinski definition) is 3. The van der Waals surface area contributed by atoms with Crippen LogP contribution in [0, 0.1) is 5.92 Å². The average molecular weight is 269 g/mol. The minimum absolute atomic E-state index is 0.441. The van der Waals surface area contributed by atoms with E-state index in [4.69, 9.17) is 21.1 Å². The van der Waals surface area contributed by atoms with Gasteiger partial charge in [-0.2, -0.15) is 0 Å². The highest BCUT2D eigenvalue weighted by atomic mass is 35.5. The number of carbonyl (C=O) groups excluding carboxylic acids is 1. The van der Waals surface area contributed by atoms with Crippen molar-refractivity contribution in [2.45, 2.75) is 19.3 Å². The largest absolute Gasteiger partial charge is 0.494 e. The van der Waals surface area contributed by atoms with E-state index in [0.29, 0.717) is 18.1 Å². The Morgan fingerprint density at radius 2 is 1.94 bits per heavy atom. The maximum absolute atomic E-state index is 10.9. The van der Waals surface area contributed by atoms with Gasteiger partial charge in [-0.1, -0.05) is 0 Å². The molecule has 0 aliphatic carbocycles. The van der Waals surface area contributed by atoms with Crippen LogP contribution in [0.15, 0.2) is 24.3 Å². The monoisotopic (exact) mass is 268 g/mol. The highest BCUT2D eigenvalue weighted by molar-refractivity contribution is 6.67. The molecule has 1 aliphatic rings. The van der Waals surface area contributed by atoms with Crippen LogP contribution in [0.4, 0.5) is 0 Å². The summed E-state index contributed by atoms with van der Waals surface area (Å²) in [6.45, 7) is 2.45. The first-order valence-corrected chi connectivity index (χ1v) is 6.64. The van der Waals surface area contributed by atoms with Crippen LogP contribution < -0.4 is 4.74 Å². The Balaban J connectivity index is 1.74. The molecule has 1 saturated heterocycles. The average Bonchev–Trinajstić information content (AvgIpc) is 2.40. The van der Waals surface area contributed by atoms with E-state index in [1.54, 1.807) is 24.3 Å². The molecule has 1 heterocycles. The minimum atomic E-state index is -0.441. The summed E-state index contributed by atoms with van der Waals surface area (Å²) in [5, 5.41) is -0.441. The van der Waals surface area contributed by atoms with Gasteiger partial charge >= 0.3 is 0 Å². The van der Waals surface area contributed by atoms with Gasteiger partial charge in [0.1, 0.15) is 5.75 Å². The number of hydrogen-bond donors (Lipinski definition) is 0. The lowest BCUT2D eigenvalue weighted by atomic mass is 9.97. The first-order valence-electron chi connectivity index (χ1n) is 6.26. The molecule has 0 unspecified atom stereocenters. The smallest absolute Gasteiger partial charge is 0.252 e. The maximum Gasteiger partial charge on any atom is 0.252 e. The predicted octanol–water partition coefficient (Wildman–Crippen LogP) is 3.26. The molecule has 0 aromatic heterocycles. The molecule has 1 fully saturated rings. The highest BCUT2D eigenvalue weighted by Crippen LogP contribution is 2.19. The second-order valence-electron chi connectivity index (χ2n) is 4.49. The van der Waals surface area contributed by atoms with Crippen molar-refractivity contribution in [1.82, 2.24) is 0 Å². The van der Waals surface area contributed by atoms with Gasteiger partial charge in [-0.05, 0) is 61.0 Å². The Bertz CT molecular complexity index is 383. The summed E-state index contributed by atoms with van der Waals surface area (Å²) in [5.41, 5.74) is 0.494. The highest BCUT2D eigenvalue weighted by Gasteiger charge is 2.13. The molecule has 0 radical (unpaired) electrons. The Morgan fingerprint density at radius 3 is 2.56 bits per heavy atom. The number of halogens is 1. The number of ether oxygens (including phenoxy) is 2. The van der Waals surface area contributed by atoms with Gasteiger partial charge in [0.2, 0.25) is 0 Å². The van der Waals surface area contributed by atoms with Gasteiger partial charge in [-0.3, -0.25) is 4.79 Å². The molecule has 0 bridgehead atoms. The molecule has 2 rings (SSSR count). The number of rotatable bonds is 5. The van der Waals surface area contributed by atoms with Crippen molar-refractivity contribution in [2.75, 3.05) is 19.8 Å². The zero-order valence-electron chi connectivity index (χ0n) is 10.2. The molecule has 0 spiro atoms. The standard InChI is InChI=1S/C14H17ClO3/c15-14(16)12-1-3-13(4-2-12)18-10-7-11-5-8-17-9-6-11/h1-4,11H,5-10H2. The molecule has 3 nitrogen and oxygen atoms in total. The second-order valence-corrected chi connectivity index (χ2v) is 4.83. The van der Waals surface area contributed by atoms with Crippen molar-refractivity contribution in [2.24, 2.45) is 5.92 Å². The summed E-state index contributed by atoms with van der Waals surface area (Å²) < 4.78 is 11.0. The van der Waals surface area contributed by atoms with E-state index >= 15 is 0 Å². The van der Waals surface area contributed by atoms with Crippen molar-refractivity contribution >= 4 is 16.8 Å². The first-order chi connectivity index (χ1) is 8.75. The molecule has 0 saturated carbocycles. The Labute approximate surface area is 112 Å². The lowest BCUT2D eigenvalue weighted by Crippen LogP contribution is -2.17. The van der Waals surface area contributed by atoms with Crippen molar-refractivity contribution in [3.63, 3.8) is 0 Å². The summed E-state index contributed by atoms with van der Waals surface area (Å²) in [5.74, 6) is 1.49. The summed E-state index contributed by atoms with van der Waals surface area (Å²) in [6.07, 6.45) is 3.31. The van der Waals surface area contributed by atoms with Crippen LogP contribution in [0.25, 0.3) is 0 Å². The summed E-state index contributed by atoms with van der Waals surface area (Å²) in [7, 11) is 0. The molecule has 1 aromatic rings. The summed E-state index contributed by atoms with van der Waals surface area (Å²) in [6, 6.07) is 6.91. The van der Waals surface area contributed by atoms with Crippen molar-refractivity contribution in [1.29, 1.82) is 0 Å². The van der Waals surface area contributed by atoms with E-state index in [0.717, 1.165) is 38.2 Å². The van der Waals surface area contributed by atoms with Gasteiger partial charge in [0.15, 0.2) is 0 Å². The predicted molar refractivity (Wildman–Crippen MR) is 70.3 cm³/mol. The van der Waals surface area contributed by atoms with Crippen LogP contribution in [0.1, 0.15) is 29.6 Å². The molecule has 98 valence electrons. The Morgan fingerprint density at radius 1 is 1.28 bits per heavy atom. The fourth-order valence-electron chi connectivity index (χ4n) is 2.06. The SMILES string of the molecule is O=C(Cl)c1ccc(OCCC2CCOCC2)cc1. The van der Waals surface area contributed by atoms with Gasteiger partial charge in [0.25, 0.3) is 5.24 Å². The summed E-state index contributed by atoms with van der Waals surface area (Å²) >= 11 is 5.37. The fourth-order valence-corrected chi connectivity index (χ4v) is 2.19. The third kappa shape index (κ3) is 4.00. The van der Waals surface area contributed by atoms with E-state index in [-0.39, 0.29) is 0 Å². The van der Waals surface area contributed by atoms with E-state index in [1.165, 1.54) is 0 Å². The van der Waals surface area contributed by atoms with Crippen LogP contribution in [0.2, 0.25) is 0 Å². The van der Waals surface area contributed by atoms with Crippen molar-refractivity contribution in [3.8, 4) is 5.75 Å². The minimum Gasteiger partial charge on any atom is -0.494 e. The fraction of sp³-hybridized carbons (Fsp3) is 0.500. The second kappa shape index (κ2) is 6.76. The van der Waals surface area contributed by atoms with Crippen LogP contribution >= 0.6 is 11.6 Å². The van der Waals surface area contributed by atoms with E-state index in [9.17, 15) is 4.79 Å². The lowest BCUT2D eigenvalue weighted by molar-refractivity contribution is 0.0593. The van der Waals surface area contributed by atoms with Crippen LogP contribution in [-0.4, -0.2) is 25.1 Å². The van der Waals surface area contributed by atoms with Crippen LogP contribution in [0.5, 0.6) is 5.75 Å². The van der Waals surface area contributed by atoms with Crippen LogP contribution in [0.3, 0.4) is 0 Å². The molecule has 4 heteroatoms. The normalized spacial score (nSPS) is 16.5. The number of carbonyl (C=O) groups is 1. The van der Waals surface area contributed by atoms with E-state index < -0.39 is 5.24 Å². The Kier molecular flexibility index (Phi) is 5.02. The van der Waals surface area contributed by atoms with Crippen LogP contribution in [-0.2, 0) is 4.74 Å². The van der Waals surface area contributed by atoms with E-state index in [1.807, 2.05) is 0 Å². The molecule has 1 aromatic carbocycles. The molecule has 1 aliphatic heterocycles. The first kappa shape index (κ1) is 13.4. The van der Waals surface area contributed by atoms with Crippen molar-refractivity contribution in [3.05, 3.63) is 29.8 Å². The van der Waals surface area contributed by atoms with Gasteiger partial charge < -0.3 is 9.47 Å². The molecule has 18 heavy (non-hydrogen) atoms. The molecule has 0 N–H and O–H groups in total. The van der Waals surface area contributed by atoms with Gasteiger partial charge in [0.05, 0.1) is 6.61 Å². The summed E-state index contributed by atoms with van der Waals surface area (Å²) in [4.78, 5) is 10.9. The quantitative estimate of drug-likeness (QED) is 0.769. The van der Waals surface area contributed by atoms with Gasteiger partial charge in [-0.25, -0.2) is 0 Å². The zero-order valence-corrected chi connectivity index (χ0v) is 11.0. The molecule has 0 atom stereocenters. The Hall–Kier alpha value is -1.06. The van der Waals surface area contributed by atoms with Gasteiger partial charge in [0, 0.05) is 18.8 Å². The number of benzene rings is 1. The zero-order chi connectivity index (χ0) is 12.8. The maximum atomic E-state index is 10.9. The molecular formula is C14H17ClO3. The third-order valence-corrected chi connectivity index (χ3v) is 3.44.